The molecule has 0 saturated carbocycles. The van der Waals surface area contributed by atoms with Crippen molar-refractivity contribution in [2.75, 3.05) is 0 Å². The lowest BCUT2D eigenvalue weighted by molar-refractivity contribution is 0.0938. The summed E-state index contributed by atoms with van der Waals surface area (Å²) < 4.78 is 0. The lowest BCUT2D eigenvalue weighted by atomic mass is 10.2. The number of pyridine rings is 2. The number of nitrogens with zero attached hydrogens (tertiary/aromatic N) is 4. The van der Waals surface area contributed by atoms with Crippen LogP contribution in [0.3, 0.4) is 0 Å². The molecule has 3 rings (SSSR count). The molecule has 1 atom stereocenters. The highest BCUT2D eigenvalue weighted by Crippen LogP contribution is 2.15. The van der Waals surface area contributed by atoms with E-state index in [1.54, 1.807) is 30.7 Å². The molecule has 7 nitrogen and oxygen atoms in total. The molecule has 0 unspecified atom stereocenters. The minimum absolute atomic E-state index is 0.208. The fourth-order valence-electron chi connectivity index (χ4n) is 1.94. The summed E-state index contributed by atoms with van der Waals surface area (Å²) in [6.07, 6.45) is 6.51. The van der Waals surface area contributed by atoms with Gasteiger partial charge >= 0.3 is 0 Å². The minimum Gasteiger partial charge on any atom is -0.342 e. The third-order valence-corrected chi connectivity index (χ3v) is 3.10. The van der Waals surface area contributed by atoms with Gasteiger partial charge in [-0.3, -0.25) is 19.9 Å². The summed E-state index contributed by atoms with van der Waals surface area (Å²) in [6.45, 7) is 1.84. The molecule has 7 heteroatoms. The smallest absolute Gasteiger partial charge is 0.253 e. The van der Waals surface area contributed by atoms with Crippen molar-refractivity contribution in [1.82, 2.24) is 30.5 Å². The first-order chi connectivity index (χ1) is 10.7. The highest BCUT2D eigenvalue weighted by Gasteiger charge is 2.15. The summed E-state index contributed by atoms with van der Waals surface area (Å²) in [5.41, 5.74) is 1.32. The predicted molar refractivity (Wildman–Crippen MR) is 79.7 cm³/mol. The molecule has 22 heavy (non-hydrogen) atoms. The largest absolute Gasteiger partial charge is 0.342 e. The maximum atomic E-state index is 12.1. The lowest BCUT2D eigenvalue weighted by Crippen LogP contribution is -2.27. The van der Waals surface area contributed by atoms with E-state index >= 15 is 0 Å². The Hall–Kier alpha value is -3.09. The molecular formula is C15H14N6O. The Bertz CT molecular complexity index is 756. The van der Waals surface area contributed by atoms with Crippen molar-refractivity contribution in [3.63, 3.8) is 0 Å². The second-order valence-corrected chi connectivity index (χ2v) is 4.72. The second-order valence-electron chi connectivity index (χ2n) is 4.72. The zero-order valence-electron chi connectivity index (χ0n) is 11.9. The number of hydrogen-bond acceptors (Lipinski definition) is 5. The fraction of sp³-hybridized carbons (Fsp3) is 0.133. The molecule has 0 bridgehead atoms. The molecule has 3 aromatic heterocycles. The number of rotatable bonds is 4. The molecule has 3 heterocycles. The summed E-state index contributed by atoms with van der Waals surface area (Å²) >= 11 is 0. The van der Waals surface area contributed by atoms with E-state index in [9.17, 15) is 4.79 Å². The summed E-state index contributed by atoms with van der Waals surface area (Å²) in [4.78, 5) is 24.4. The van der Waals surface area contributed by atoms with E-state index in [4.69, 9.17) is 0 Å². The maximum absolute atomic E-state index is 12.1. The molecule has 0 aliphatic heterocycles. The third kappa shape index (κ3) is 2.98. The molecular weight excluding hydrogens is 280 g/mol. The van der Waals surface area contributed by atoms with Gasteiger partial charge in [-0.15, -0.1) is 0 Å². The molecule has 1 amide bonds. The molecule has 0 aliphatic rings. The number of carbonyl (C=O) groups excluding carboxylic acids is 1. The number of hydrogen-bond donors (Lipinski definition) is 2. The Labute approximate surface area is 126 Å². The van der Waals surface area contributed by atoms with Gasteiger partial charge in [-0.1, -0.05) is 0 Å². The summed E-state index contributed by atoms with van der Waals surface area (Å²) in [5, 5.41) is 9.84. The Morgan fingerprint density at radius 3 is 2.64 bits per heavy atom. The maximum Gasteiger partial charge on any atom is 0.253 e. The Morgan fingerprint density at radius 2 is 1.95 bits per heavy atom. The van der Waals surface area contributed by atoms with Crippen LogP contribution in [0.4, 0.5) is 0 Å². The topological polar surface area (TPSA) is 96.5 Å². The van der Waals surface area contributed by atoms with E-state index in [2.05, 4.69) is 30.5 Å². The first-order valence-corrected chi connectivity index (χ1v) is 6.77. The highest BCUT2D eigenvalue weighted by atomic mass is 16.1. The van der Waals surface area contributed by atoms with Crippen LogP contribution in [0.5, 0.6) is 0 Å². The van der Waals surface area contributed by atoms with Crippen molar-refractivity contribution < 1.29 is 4.79 Å². The van der Waals surface area contributed by atoms with Crippen LogP contribution in [-0.4, -0.2) is 31.1 Å². The van der Waals surface area contributed by atoms with Gasteiger partial charge in [0.15, 0.2) is 5.82 Å². The van der Waals surface area contributed by atoms with Crippen molar-refractivity contribution in [3.05, 3.63) is 60.4 Å². The summed E-state index contributed by atoms with van der Waals surface area (Å²) in [7, 11) is 0. The van der Waals surface area contributed by atoms with Crippen LogP contribution < -0.4 is 5.32 Å². The molecule has 0 aromatic carbocycles. The molecule has 0 radical (unpaired) electrons. The standard InChI is InChI=1S/C15H14N6O/c1-10(18-15(22)12-5-3-7-17-9-12)13-19-14(21-20-13)11-4-2-6-16-8-11/h2-10H,1H3,(H,18,22)(H,19,20,21)/t10-/m1/s1. The molecule has 0 spiro atoms. The Balaban J connectivity index is 1.72. The Kier molecular flexibility index (Phi) is 3.86. The van der Waals surface area contributed by atoms with Crippen LogP contribution >= 0.6 is 0 Å². The number of aromatic nitrogens is 5. The van der Waals surface area contributed by atoms with Gasteiger partial charge in [-0.2, -0.15) is 5.10 Å². The van der Waals surface area contributed by atoms with Crippen molar-refractivity contribution in [2.24, 2.45) is 0 Å². The van der Waals surface area contributed by atoms with E-state index in [0.29, 0.717) is 17.2 Å². The fourth-order valence-corrected chi connectivity index (χ4v) is 1.94. The lowest BCUT2D eigenvalue weighted by Gasteiger charge is -2.10. The first-order valence-electron chi connectivity index (χ1n) is 6.77. The number of nitrogens with one attached hydrogen (secondary N) is 2. The van der Waals surface area contributed by atoms with Crippen LogP contribution in [0.25, 0.3) is 11.4 Å². The quantitative estimate of drug-likeness (QED) is 0.764. The second kappa shape index (κ2) is 6.13. The Morgan fingerprint density at radius 1 is 1.18 bits per heavy atom. The van der Waals surface area contributed by atoms with E-state index < -0.39 is 0 Å². The third-order valence-electron chi connectivity index (χ3n) is 3.10. The SMILES string of the molecule is C[C@@H](NC(=O)c1cccnc1)c1nc(-c2cccnc2)n[nH]1. The normalized spacial score (nSPS) is 11.9. The van der Waals surface area contributed by atoms with Crippen molar-refractivity contribution >= 4 is 5.91 Å². The summed E-state index contributed by atoms with van der Waals surface area (Å²) in [6, 6.07) is 6.81. The molecule has 0 aliphatic carbocycles. The predicted octanol–water partition coefficient (Wildman–Crippen LogP) is 1.75. The average molecular weight is 294 g/mol. The molecule has 0 fully saturated rings. The molecule has 0 saturated heterocycles. The number of H-pyrrole nitrogens is 1. The highest BCUT2D eigenvalue weighted by molar-refractivity contribution is 5.94. The van der Waals surface area contributed by atoms with Gasteiger partial charge in [0, 0.05) is 30.4 Å². The average Bonchev–Trinajstić information content (AvgIpc) is 3.06. The van der Waals surface area contributed by atoms with Gasteiger partial charge in [0.05, 0.1) is 11.6 Å². The van der Waals surface area contributed by atoms with E-state index in [0.717, 1.165) is 5.56 Å². The van der Waals surface area contributed by atoms with Crippen LogP contribution in [0.1, 0.15) is 29.1 Å². The van der Waals surface area contributed by atoms with E-state index in [1.807, 2.05) is 19.1 Å². The van der Waals surface area contributed by atoms with Gasteiger partial charge in [0.25, 0.3) is 5.91 Å². The number of aromatic amines is 1. The number of amides is 1. The molecule has 2 N–H and O–H groups in total. The molecule has 3 aromatic rings. The van der Waals surface area contributed by atoms with Gasteiger partial charge in [0.1, 0.15) is 5.82 Å². The van der Waals surface area contributed by atoms with Gasteiger partial charge < -0.3 is 5.32 Å². The minimum atomic E-state index is -0.300. The van der Waals surface area contributed by atoms with Crippen molar-refractivity contribution in [2.45, 2.75) is 13.0 Å². The zero-order valence-corrected chi connectivity index (χ0v) is 11.9. The van der Waals surface area contributed by atoms with Crippen LogP contribution in [0, 0.1) is 0 Å². The van der Waals surface area contributed by atoms with Crippen molar-refractivity contribution in [1.29, 1.82) is 0 Å². The first kappa shape index (κ1) is 13.9. The van der Waals surface area contributed by atoms with E-state index in [1.165, 1.54) is 6.20 Å². The van der Waals surface area contributed by atoms with Gasteiger partial charge in [-0.25, -0.2) is 4.98 Å². The van der Waals surface area contributed by atoms with Crippen LogP contribution in [0.2, 0.25) is 0 Å². The number of carbonyl (C=O) groups is 1. The molecule has 110 valence electrons. The van der Waals surface area contributed by atoms with E-state index in [-0.39, 0.29) is 11.9 Å². The van der Waals surface area contributed by atoms with Gasteiger partial charge in [-0.05, 0) is 31.2 Å². The van der Waals surface area contributed by atoms with Crippen LogP contribution in [0.15, 0.2) is 49.1 Å². The van der Waals surface area contributed by atoms with Crippen LogP contribution in [-0.2, 0) is 0 Å². The summed E-state index contributed by atoms with van der Waals surface area (Å²) in [5.74, 6) is 0.918. The van der Waals surface area contributed by atoms with Crippen molar-refractivity contribution in [3.8, 4) is 11.4 Å². The monoisotopic (exact) mass is 294 g/mol. The zero-order chi connectivity index (χ0) is 15.4. The van der Waals surface area contributed by atoms with Gasteiger partial charge in [0.2, 0.25) is 0 Å².